The predicted octanol–water partition coefficient (Wildman–Crippen LogP) is 1.04. The first kappa shape index (κ1) is 15.9. The zero-order chi connectivity index (χ0) is 17.6. The van der Waals surface area contributed by atoms with Crippen molar-refractivity contribution in [3.8, 4) is 0 Å². The number of nitrogens with zero attached hydrogens (tertiary/aromatic N) is 5. The summed E-state index contributed by atoms with van der Waals surface area (Å²) in [5.74, 6) is -0.525. The number of nitro groups is 1. The molecule has 2 aromatic heterocycles. The second-order valence-corrected chi connectivity index (χ2v) is 5.63. The number of hydrogen-bond acceptors (Lipinski definition) is 5. The summed E-state index contributed by atoms with van der Waals surface area (Å²) in [7, 11) is 2.72. The predicted molar refractivity (Wildman–Crippen MR) is 87.4 cm³/mol. The topological polar surface area (TPSA) is 105 Å². The summed E-state index contributed by atoms with van der Waals surface area (Å²) in [6.07, 6.45) is 0. The number of aryl methyl sites for hydroxylation is 1. The van der Waals surface area contributed by atoms with Gasteiger partial charge in [0.1, 0.15) is 6.54 Å². The van der Waals surface area contributed by atoms with Crippen molar-refractivity contribution in [1.29, 1.82) is 0 Å². The van der Waals surface area contributed by atoms with Crippen LogP contribution in [0.15, 0.2) is 33.9 Å². The molecule has 0 N–H and O–H groups in total. The van der Waals surface area contributed by atoms with Gasteiger partial charge in [-0.3, -0.25) is 13.9 Å². The van der Waals surface area contributed by atoms with Crippen LogP contribution in [0.1, 0.15) is 5.56 Å². The van der Waals surface area contributed by atoms with Gasteiger partial charge < -0.3 is 10.1 Å². The first-order chi connectivity index (χ1) is 11.3. The van der Waals surface area contributed by atoms with Gasteiger partial charge in [-0.05, 0) is 11.0 Å². The molecule has 10 heteroatoms. The van der Waals surface area contributed by atoms with E-state index in [4.69, 9.17) is 11.6 Å². The second kappa shape index (κ2) is 5.60. The maximum absolute atomic E-state index is 12.2. The number of hydrogen-bond donors (Lipinski definition) is 0. The van der Waals surface area contributed by atoms with Crippen LogP contribution in [-0.2, 0) is 20.6 Å². The number of aromatic nitrogens is 4. The maximum atomic E-state index is 12.2. The molecule has 0 atom stereocenters. The highest BCUT2D eigenvalue weighted by Gasteiger charge is 2.28. The van der Waals surface area contributed by atoms with Crippen LogP contribution in [0.3, 0.4) is 0 Å². The summed E-state index contributed by atoms with van der Waals surface area (Å²) >= 11 is 6.11. The molecule has 0 bridgehead atoms. The van der Waals surface area contributed by atoms with Gasteiger partial charge in [-0.25, -0.2) is 9.36 Å². The van der Waals surface area contributed by atoms with Crippen LogP contribution < -0.4 is 11.2 Å². The Morgan fingerprint density at radius 2 is 1.88 bits per heavy atom. The summed E-state index contributed by atoms with van der Waals surface area (Å²) in [4.78, 5) is 38.9. The molecule has 3 aromatic rings. The lowest BCUT2D eigenvalue weighted by Gasteiger charge is -2.07. The summed E-state index contributed by atoms with van der Waals surface area (Å²) in [6.45, 7) is 0.00688. The molecule has 1 aromatic carbocycles. The molecule has 9 nitrogen and oxygen atoms in total. The number of fused-ring (bicyclic) bond motifs is 1. The highest BCUT2D eigenvalue weighted by Crippen LogP contribution is 2.23. The fourth-order valence-corrected chi connectivity index (χ4v) is 2.76. The first-order valence-corrected chi connectivity index (χ1v) is 7.24. The molecule has 24 heavy (non-hydrogen) atoms. The molecule has 0 spiro atoms. The summed E-state index contributed by atoms with van der Waals surface area (Å²) < 4.78 is 3.23. The van der Waals surface area contributed by atoms with Gasteiger partial charge in [-0.15, -0.1) is 0 Å². The van der Waals surface area contributed by atoms with E-state index in [0.717, 1.165) is 9.13 Å². The quantitative estimate of drug-likeness (QED) is 0.519. The minimum absolute atomic E-state index is 0.00688. The van der Waals surface area contributed by atoms with E-state index in [-0.39, 0.29) is 17.7 Å². The lowest BCUT2D eigenvalue weighted by Crippen LogP contribution is -2.37. The van der Waals surface area contributed by atoms with E-state index in [1.165, 1.54) is 18.7 Å². The molecule has 0 aliphatic carbocycles. The molecule has 0 radical (unpaired) electrons. The molecule has 3 rings (SSSR count). The van der Waals surface area contributed by atoms with Crippen molar-refractivity contribution in [1.82, 2.24) is 18.7 Å². The molecule has 0 aliphatic rings. The lowest BCUT2D eigenvalue weighted by atomic mass is 10.2. The highest BCUT2D eigenvalue weighted by molar-refractivity contribution is 6.31. The van der Waals surface area contributed by atoms with Crippen molar-refractivity contribution < 1.29 is 4.92 Å². The van der Waals surface area contributed by atoms with Crippen molar-refractivity contribution in [3.05, 3.63) is 65.8 Å². The van der Waals surface area contributed by atoms with E-state index >= 15 is 0 Å². The van der Waals surface area contributed by atoms with Crippen LogP contribution in [-0.4, -0.2) is 23.6 Å². The van der Waals surface area contributed by atoms with Crippen molar-refractivity contribution in [3.63, 3.8) is 0 Å². The average molecular weight is 350 g/mol. The average Bonchev–Trinajstić information content (AvgIpc) is 2.93. The smallest absolute Gasteiger partial charge is 0.390 e. The van der Waals surface area contributed by atoms with E-state index in [0.29, 0.717) is 10.6 Å². The zero-order valence-corrected chi connectivity index (χ0v) is 13.5. The van der Waals surface area contributed by atoms with Gasteiger partial charge in [-0.2, -0.15) is 0 Å². The summed E-state index contributed by atoms with van der Waals surface area (Å²) in [6, 6.07) is 6.83. The Balaban J connectivity index is 2.40. The summed E-state index contributed by atoms with van der Waals surface area (Å²) in [5.41, 5.74) is -0.736. The largest absolute Gasteiger partial charge is 0.437 e. The van der Waals surface area contributed by atoms with Gasteiger partial charge >= 0.3 is 17.2 Å². The van der Waals surface area contributed by atoms with Crippen LogP contribution in [0, 0.1) is 10.1 Å². The van der Waals surface area contributed by atoms with Crippen molar-refractivity contribution >= 4 is 28.7 Å². The van der Waals surface area contributed by atoms with E-state index in [1.807, 2.05) is 0 Å². The second-order valence-electron chi connectivity index (χ2n) is 5.22. The first-order valence-electron chi connectivity index (χ1n) is 6.87. The number of rotatable bonds is 3. The molecule has 0 saturated heterocycles. The van der Waals surface area contributed by atoms with Crippen LogP contribution in [0.2, 0.25) is 5.02 Å². The Morgan fingerprint density at radius 3 is 2.50 bits per heavy atom. The van der Waals surface area contributed by atoms with Gasteiger partial charge in [-0.1, -0.05) is 34.8 Å². The van der Waals surface area contributed by atoms with Crippen LogP contribution in [0.25, 0.3) is 11.2 Å². The fourth-order valence-electron chi connectivity index (χ4n) is 2.56. The van der Waals surface area contributed by atoms with Gasteiger partial charge in [0, 0.05) is 24.7 Å². The normalized spacial score (nSPS) is 11.1. The van der Waals surface area contributed by atoms with Crippen molar-refractivity contribution in [2.75, 3.05) is 0 Å². The van der Waals surface area contributed by atoms with Gasteiger partial charge in [0.25, 0.3) is 5.52 Å². The van der Waals surface area contributed by atoms with Crippen LogP contribution in [0.4, 0.5) is 5.95 Å². The highest BCUT2D eigenvalue weighted by atomic mass is 35.5. The number of imidazole rings is 1. The molecule has 2 heterocycles. The van der Waals surface area contributed by atoms with Crippen LogP contribution in [0.5, 0.6) is 0 Å². The standard InChI is InChI=1S/C14H12ClN5O4/c1-17-11-10(12(21)18(2)14(17)22)16-13(20(23)24)19(11)7-8-5-3-4-6-9(8)15/h3-6H,7H2,1-2H3. The fraction of sp³-hybridized carbons (Fsp3) is 0.214. The monoisotopic (exact) mass is 349 g/mol. The van der Waals surface area contributed by atoms with Crippen molar-refractivity contribution in [2.24, 2.45) is 14.1 Å². The molecular formula is C14H12ClN5O4. The minimum Gasteiger partial charge on any atom is -0.390 e. The third kappa shape index (κ3) is 2.29. The zero-order valence-electron chi connectivity index (χ0n) is 12.8. The third-order valence-corrected chi connectivity index (χ3v) is 4.14. The van der Waals surface area contributed by atoms with E-state index in [9.17, 15) is 19.7 Å². The third-order valence-electron chi connectivity index (χ3n) is 3.77. The molecule has 124 valence electrons. The van der Waals surface area contributed by atoms with Crippen molar-refractivity contribution in [2.45, 2.75) is 6.54 Å². The van der Waals surface area contributed by atoms with Gasteiger partial charge in [0.15, 0.2) is 0 Å². The van der Waals surface area contributed by atoms with Gasteiger partial charge in [0.2, 0.25) is 5.65 Å². The Labute approximate surface area is 139 Å². The molecule has 0 amide bonds. The molecule has 0 fully saturated rings. The minimum atomic E-state index is -0.694. The number of halogens is 1. The molecular weight excluding hydrogens is 338 g/mol. The van der Waals surface area contributed by atoms with E-state index < -0.39 is 22.1 Å². The van der Waals surface area contributed by atoms with Crippen LogP contribution >= 0.6 is 11.6 Å². The van der Waals surface area contributed by atoms with E-state index in [1.54, 1.807) is 24.3 Å². The Hall–Kier alpha value is -2.94. The summed E-state index contributed by atoms with van der Waals surface area (Å²) in [5, 5.41) is 11.8. The molecule has 0 unspecified atom stereocenters. The van der Waals surface area contributed by atoms with E-state index in [2.05, 4.69) is 4.98 Å². The lowest BCUT2D eigenvalue weighted by molar-refractivity contribution is -0.396. The maximum Gasteiger partial charge on any atom is 0.437 e. The Kier molecular flexibility index (Phi) is 3.72. The Bertz CT molecular complexity index is 1090. The SMILES string of the molecule is Cn1c(=O)c2nc([N+](=O)[O-])n(Cc3ccccc3Cl)c2n(C)c1=O. The molecule has 0 aliphatic heterocycles. The van der Waals surface area contributed by atoms with Gasteiger partial charge in [0.05, 0.1) is 0 Å². The molecule has 0 saturated carbocycles. The number of benzene rings is 1. The Morgan fingerprint density at radius 1 is 1.21 bits per heavy atom.